The van der Waals surface area contributed by atoms with Crippen LogP contribution in [0.15, 0.2) is 30.3 Å². The van der Waals surface area contributed by atoms with E-state index in [9.17, 15) is 4.79 Å². The lowest BCUT2D eigenvalue weighted by Gasteiger charge is -2.44. The minimum atomic E-state index is 0.284. The van der Waals surface area contributed by atoms with Crippen LogP contribution in [0.3, 0.4) is 0 Å². The van der Waals surface area contributed by atoms with Crippen molar-refractivity contribution in [1.82, 2.24) is 9.80 Å². The maximum Gasteiger partial charge on any atom is 0.222 e. The van der Waals surface area contributed by atoms with Crippen molar-refractivity contribution in [1.29, 1.82) is 0 Å². The standard InChI is InChI=1S/C17H26N2O/c1-4-17(20)18-12-14(2)19(15(3)13-18)11-10-16-8-6-5-7-9-16/h5-9,14-15H,4,10-13H2,1-3H3. The second kappa shape index (κ2) is 6.89. The van der Waals surface area contributed by atoms with Crippen LogP contribution in [0.2, 0.25) is 0 Å². The highest BCUT2D eigenvalue weighted by atomic mass is 16.2. The van der Waals surface area contributed by atoms with Gasteiger partial charge in [-0.1, -0.05) is 37.3 Å². The Morgan fingerprint density at radius 1 is 1.15 bits per heavy atom. The molecule has 0 aliphatic carbocycles. The number of rotatable bonds is 4. The average Bonchev–Trinajstić information content (AvgIpc) is 2.46. The molecule has 0 spiro atoms. The zero-order valence-electron chi connectivity index (χ0n) is 12.9. The molecule has 1 saturated heterocycles. The van der Waals surface area contributed by atoms with E-state index in [2.05, 4.69) is 49.1 Å². The molecular weight excluding hydrogens is 248 g/mol. The molecule has 110 valence electrons. The zero-order valence-corrected chi connectivity index (χ0v) is 12.9. The largest absolute Gasteiger partial charge is 0.340 e. The van der Waals surface area contributed by atoms with E-state index in [1.54, 1.807) is 0 Å². The molecule has 2 unspecified atom stereocenters. The van der Waals surface area contributed by atoms with E-state index < -0.39 is 0 Å². The molecule has 3 heteroatoms. The minimum absolute atomic E-state index is 0.284. The Kier molecular flexibility index (Phi) is 5.18. The summed E-state index contributed by atoms with van der Waals surface area (Å²) < 4.78 is 0. The Hall–Kier alpha value is -1.35. The van der Waals surface area contributed by atoms with Gasteiger partial charge in [0, 0.05) is 38.1 Å². The lowest BCUT2D eigenvalue weighted by Crippen LogP contribution is -2.58. The van der Waals surface area contributed by atoms with Gasteiger partial charge in [0.15, 0.2) is 0 Å². The van der Waals surface area contributed by atoms with Crippen LogP contribution in [0.5, 0.6) is 0 Å². The van der Waals surface area contributed by atoms with Gasteiger partial charge in [-0.3, -0.25) is 9.69 Å². The van der Waals surface area contributed by atoms with Crippen LogP contribution in [0.4, 0.5) is 0 Å². The third-order valence-corrected chi connectivity index (χ3v) is 4.26. The highest BCUT2D eigenvalue weighted by Crippen LogP contribution is 2.17. The van der Waals surface area contributed by atoms with E-state index in [0.29, 0.717) is 18.5 Å². The van der Waals surface area contributed by atoms with Gasteiger partial charge < -0.3 is 4.90 Å². The van der Waals surface area contributed by atoms with Crippen molar-refractivity contribution in [3.05, 3.63) is 35.9 Å². The Morgan fingerprint density at radius 2 is 1.75 bits per heavy atom. The molecule has 1 fully saturated rings. The summed E-state index contributed by atoms with van der Waals surface area (Å²) in [6.45, 7) is 9.21. The van der Waals surface area contributed by atoms with Gasteiger partial charge in [0.2, 0.25) is 5.91 Å². The Bertz CT molecular complexity index is 420. The molecule has 0 saturated carbocycles. The fourth-order valence-electron chi connectivity index (χ4n) is 3.13. The van der Waals surface area contributed by atoms with Crippen molar-refractivity contribution in [3.8, 4) is 0 Å². The molecule has 1 amide bonds. The number of benzene rings is 1. The fraction of sp³-hybridized carbons (Fsp3) is 0.588. The van der Waals surface area contributed by atoms with Crippen LogP contribution in [-0.4, -0.2) is 47.4 Å². The molecular formula is C17H26N2O. The first-order valence-corrected chi connectivity index (χ1v) is 7.69. The maximum absolute atomic E-state index is 11.9. The minimum Gasteiger partial charge on any atom is -0.340 e. The van der Waals surface area contributed by atoms with Crippen molar-refractivity contribution >= 4 is 5.91 Å². The van der Waals surface area contributed by atoms with Gasteiger partial charge in [0.05, 0.1) is 0 Å². The van der Waals surface area contributed by atoms with Gasteiger partial charge in [-0.2, -0.15) is 0 Å². The predicted molar refractivity (Wildman–Crippen MR) is 82.6 cm³/mol. The first kappa shape index (κ1) is 15.0. The molecule has 2 rings (SSSR count). The Labute approximate surface area is 122 Å². The molecule has 1 aromatic rings. The fourth-order valence-corrected chi connectivity index (χ4v) is 3.13. The molecule has 2 atom stereocenters. The highest BCUT2D eigenvalue weighted by Gasteiger charge is 2.30. The summed E-state index contributed by atoms with van der Waals surface area (Å²) in [5.74, 6) is 0.284. The molecule has 0 bridgehead atoms. The number of hydrogen-bond donors (Lipinski definition) is 0. The van der Waals surface area contributed by atoms with Gasteiger partial charge in [-0.25, -0.2) is 0 Å². The molecule has 1 heterocycles. The van der Waals surface area contributed by atoms with Gasteiger partial charge in [-0.15, -0.1) is 0 Å². The van der Waals surface area contributed by atoms with Gasteiger partial charge in [0.25, 0.3) is 0 Å². The summed E-state index contributed by atoms with van der Waals surface area (Å²) in [5, 5.41) is 0. The second-order valence-electron chi connectivity index (χ2n) is 5.82. The zero-order chi connectivity index (χ0) is 14.5. The number of carbonyl (C=O) groups is 1. The third-order valence-electron chi connectivity index (χ3n) is 4.26. The smallest absolute Gasteiger partial charge is 0.222 e. The highest BCUT2D eigenvalue weighted by molar-refractivity contribution is 5.76. The summed E-state index contributed by atoms with van der Waals surface area (Å²) in [7, 11) is 0. The predicted octanol–water partition coefficient (Wildman–Crippen LogP) is 2.56. The normalized spacial score (nSPS) is 23.9. The molecule has 1 aliphatic heterocycles. The quantitative estimate of drug-likeness (QED) is 0.842. The topological polar surface area (TPSA) is 23.6 Å². The lowest BCUT2D eigenvalue weighted by molar-refractivity contribution is -0.135. The monoisotopic (exact) mass is 274 g/mol. The van der Waals surface area contributed by atoms with Crippen LogP contribution >= 0.6 is 0 Å². The summed E-state index contributed by atoms with van der Waals surface area (Å²) in [4.78, 5) is 16.4. The van der Waals surface area contributed by atoms with Crippen LogP contribution in [0, 0.1) is 0 Å². The summed E-state index contributed by atoms with van der Waals surface area (Å²) in [5.41, 5.74) is 1.39. The van der Waals surface area contributed by atoms with E-state index >= 15 is 0 Å². The Balaban J connectivity index is 1.91. The van der Waals surface area contributed by atoms with E-state index in [-0.39, 0.29) is 5.91 Å². The van der Waals surface area contributed by atoms with Crippen molar-refractivity contribution in [2.45, 2.75) is 45.7 Å². The molecule has 1 aliphatic rings. The summed E-state index contributed by atoms with van der Waals surface area (Å²) >= 11 is 0. The summed E-state index contributed by atoms with van der Waals surface area (Å²) in [6, 6.07) is 11.5. The van der Waals surface area contributed by atoms with Gasteiger partial charge in [0.1, 0.15) is 0 Å². The average molecular weight is 274 g/mol. The van der Waals surface area contributed by atoms with Gasteiger partial charge >= 0.3 is 0 Å². The van der Waals surface area contributed by atoms with Crippen molar-refractivity contribution in [3.63, 3.8) is 0 Å². The SMILES string of the molecule is CCC(=O)N1CC(C)N(CCc2ccccc2)C(C)C1. The second-order valence-corrected chi connectivity index (χ2v) is 5.82. The van der Waals surface area contributed by atoms with E-state index in [1.807, 2.05) is 11.8 Å². The lowest BCUT2D eigenvalue weighted by atomic mass is 10.1. The van der Waals surface area contributed by atoms with Crippen molar-refractivity contribution < 1.29 is 4.79 Å². The number of piperazine rings is 1. The number of hydrogen-bond acceptors (Lipinski definition) is 2. The van der Waals surface area contributed by atoms with Crippen LogP contribution in [0.25, 0.3) is 0 Å². The van der Waals surface area contributed by atoms with Crippen LogP contribution in [-0.2, 0) is 11.2 Å². The molecule has 1 aromatic carbocycles. The molecule has 0 radical (unpaired) electrons. The molecule has 0 N–H and O–H groups in total. The Morgan fingerprint density at radius 3 is 2.30 bits per heavy atom. The maximum atomic E-state index is 11.9. The third kappa shape index (κ3) is 3.60. The molecule has 0 aromatic heterocycles. The summed E-state index contributed by atoms with van der Waals surface area (Å²) in [6.07, 6.45) is 1.70. The van der Waals surface area contributed by atoms with Crippen LogP contribution < -0.4 is 0 Å². The first-order chi connectivity index (χ1) is 9.61. The molecule has 3 nitrogen and oxygen atoms in total. The van der Waals surface area contributed by atoms with Gasteiger partial charge in [-0.05, 0) is 25.8 Å². The van der Waals surface area contributed by atoms with Crippen LogP contribution in [0.1, 0.15) is 32.8 Å². The first-order valence-electron chi connectivity index (χ1n) is 7.69. The van der Waals surface area contributed by atoms with E-state index in [1.165, 1.54) is 5.56 Å². The van der Waals surface area contributed by atoms with E-state index in [0.717, 1.165) is 26.1 Å². The number of carbonyl (C=O) groups excluding carboxylic acids is 1. The molecule has 20 heavy (non-hydrogen) atoms. The van der Waals surface area contributed by atoms with Crippen molar-refractivity contribution in [2.75, 3.05) is 19.6 Å². The van der Waals surface area contributed by atoms with E-state index in [4.69, 9.17) is 0 Å². The van der Waals surface area contributed by atoms with Crippen molar-refractivity contribution in [2.24, 2.45) is 0 Å². The number of amides is 1. The number of nitrogens with zero attached hydrogens (tertiary/aromatic N) is 2.